The molecule has 0 aliphatic heterocycles. The molecule has 1 fully saturated rings. The molecule has 0 atom stereocenters. The van der Waals surface area contributed by atoms with E-state index in [-0.39, 0.29) is 6.54 Å². The van der Waals surface area contributed by atoms with E-state index in [1.54, 1.807) is 0 Å². The van der Waals surface area contributed by atoms with E-state index in [0.717, 1.165) is 6.42 Å². The molecule has 3 nitrogen and oxygen atoms in total. The number of alkyl carbamates (subject to hydrolysis) is 1. The van der Waals surface area contributed by atoms with E-state index in [1.807, 2.05) is 0 Å². The Morgan fingerprint density at radius 1 is 1.73 bits per heavy atom. The molecule has 0 bridgehead atoms. The highest BCUT2D eigenvalue weighted by Gasteiger charge is 2.37. The van der Waals surface area contributed by atoms with E-state index in [0.29, 0.717) is 12.8 Å². The van der Waals surface area contributed by atoms with Crippen molar-refractivity contribution in [3.05, 3.63) is 0 Å². The summed E-state index contributed by atoms with van der Waals surface area (Å²) in [6.07, 6.45) is 1.46. The van der Waals surface area contributed by atoms with E-state index in [2.05, 4.69) is 10.1 Å². The Kier molecular flexibility index (Phi) is 2.31. The quantitative estimate of drug-likeness (QED) is 0.661. The van der Waals surface area contributed by atoms with Gasteiger partial charge in [-0.3, -0.25) is 0 Å². The predicted molar refractivity (Wildman–Crippen MR) is 38.1 cm³/mol. The molecule has 0 radical (unpaired) electrons. The third-order valence-corrected chi connectivity index (χ3v) is 1.98. The van der Waals surface area contributed by atoms with Crippen LogP contribution in [0.4, 0.5) is 9.18 Å². The minimum Gasteiger partial charge on any atom is -0.453 e. The zero-order valence-electron chi connectivity index (χ0n) is 6.52. The molecule has 0 aromatic heterocycles. The lowest BCUT2D eigenvalue weighted by molar-refractivity contribution is 0.0613. The Bertz CT molecular complexity index is 157. The van der Waals surface area contributed by atoms with Crippen LogP contribution in [0.15, 0.2) is 0 Å². The third kappa shape index (κ3) is 2.06. The number of hydrogen-bond donors (Lipinski definition) is 1. The second kappa shape index (κ2) is 3.07. The van der Waals surface area contributed by atoms with Crippen LogP contribution in [-0.4, -0.2) is 25.4 Å². The van der Waals surface area contributed by atoms with Gasteiger partial charge in [-0.25, -0.2) is 9.18 Å². The number of rotatable bonds is 2. The Morgan fingerprint density at radius 2 is 2.36 bits per heavy atom. The van der Waals surface area contributed by atoms with Gasteiger partial charge < -0.3 is 10.1 Å². The van der Waals surface area contributed by atoms with E-state index in [9.17, 15) is 9.18 Å². The fourth-order valence-corrected chi connectivity index (χ4v) is 1.04. The molecule has 0 heterocycles. The summed E-state index contributed by atoms with van der Waals surface area (Å²) in [6, 6.07) is 0. The van der Waals surface area contributed by atoms with Gasteiger partial charge in [-0.2, -0.15) is 0 Å². The second-order valence-electron chi connectivity index (χ2n) is 2.85. The molecule has 4 heteroatoms. The number of ether oxygens (including phenoxy) is 1. The highest BCUT2D eigenvalue weighted by Crippen LogP contribution is 2.34. The van der Waals surface area contributed by atoms with Crippen molar-refractivity contribution in [3.8, 4) is 0 Å². The van der Waals surface area contributed by atoms with Crippen LogP contribution in [0.1, 0.15) is 19.3 Å². The first kappa shape index (κ1) is 8.30. The van der Waals surface area contributed by atoms with E-state index >= 15 is 0 Å². The van der Waals surface area contributed by atoms with Gasteiger partial charge in [0.1, 0.15) is 5.67 Å². The molecule has 1 N–H and O–H groups in total. The fourth-order valence-electron chi connectivity index (χ4n) is 1.04. The molecule has 0 spiro atoms. The molecule has 1 saturated carbocycles. The van der Waals surface area contributed by atoms with Crippen LogP contribution in [-0.2, 0) is 4.74 Å². The van der Waals surface area contributed by atoms with Crippen molar-refractivity contribution in [2.24, 2.45) is 0 Å². The number of amides is 1. The van der Waals surface area contributed by atoms with Crippen molar-refractivity contribution in [2.45, 2.75) is 24.9 Å². The maximum Gasteiger partial charge on any atom is 0.406 e. The van der Waals surface area contributed by atoms with Gasteiger partial charge in [0.15, 0.2) is 0 Å². The van der Waals surface area contributed by atoms with Crippen molar-refractivity contribution in [1.29, 1.82) is 0 Å². The van der Waals surface area contributed by atoms with Crippen molar-refractivity contribution in [1.82, 2.24) is 5.32 Å². The monoisotopic (exact) mass is 161 g/mol. The van der Waals surface area contributed by atoms with Gasteiger partial charge in [-0.05, 0) is 19.3 Å². The Morgan fingerprint density at radius 3 is 2.73 bits per heavy atom. The van der Waals surface area contributed by atoms with Crippen LogP contribution in [0.5, 0.6) is 0 Å². The maximum absolute atomic E-state index is 13.1. The number of carbonyl (C=O) groups is 1. The van der Waals surface area contributed by atoms with Crippen molar-refractivity contribution in [3.63, 3.8) is 0 Å². The van der Waals surface area contributed by atoms with E-state index < -0.39 is 11.8 Å². The van der Waals surface area contributed by atoms with Crippen LogP contribution >= 0.6 is 0 Å². The van der Waals surface area contributed by atoms with Crippen molar-refractivity contribution >= 4 is 6.09 Å². The molecule has 0 unspecified atom stereocenters. The topological polar surface area (TPSA) is 38.3 Å². The van der Waals surface area contributed by atoms with Crippen molar-refractivity contribution in [2.75, 3.05) is 13.7 Å². The first-order valence-corrected chi connectivity index (χ1v) is 3.67. The minimum absolute atomic E-state index is 0.0830. The molecule has 1 aliphatic carbocycles. The van der Waals surface area contributed by atoms with E-state index in [4.69, 9.17) is 0 Å². The fraction of sp³-hybridized carbons (Fsp3) is 0.857. The van der Waals surface area contributed by atoms with Gasteiger partial charge in [0.2, 0.25) is 0 Å². The van der Waals surface area contributed by atoms with Gasteiger partial charge in [0.25, 0.3) is 0 Å². The Balaban J connectivity index is 2.16. The largest absolute Gasteiger partial charge is 0.453 e. The van der Waals surface area contributed by atoms with Crippen LogP contribution in [0.25, 0.3) is 0 Å². The van der Waals surface area contributed by atoms with Gasteiger partial charge in [-0.15, -0.1) is 0 Å². The molecule has 64 valence electrons. The van der Waals surface area contributed by atoms with Gasteiger partial charge in [-0.1, -0.05) is 0 Å². The number of halogens is 1. The lowest BCUT2D eigenvalue weighted by Gasteiger charge is -2.33. The minimum atomic E-state index is -1.16. The summed E-state index contributed by atoms with van der Waals surface area (Å²) in [4.78, 5) is 10.5. The highest BCUT2D eigenvalue weighted by atomic mass is 19.1. The molecule has 1 amide bonds. The molecule has 1 aliphatic rings. The lowest BCUT2D eigenvalue weighted by Crippen LogP contribution is -2.44. The van der Waals surface area contributed by atoms with E-state index in [1.165, 1.54) is 7.11 Å². The average Bonchev–Trinajstić information content (AvgIpc) is 1.96. The van der Waals surface area contributed by atoms with Crippen molar-refractivity contribution < 1.29 is 13.9 Å². The van der Waals surface area contributed by atoms with Crippen LogP contribution in [0.2, 0.25) is 0 Å². The number of hydrogen-bond acceptors (Lipinski definition) is 2. The standard InChI is InChI=1S/C7H12FNO2/c1-11-6(10)9-5-7(8)3-2-4-7/h2-5H2,1H3,(H,9,10). The van der Waals surface area contributed by atoms with Gasteiger partial charge in [0.05, 0.1) is 13.7 Å². The van der Waals surface area contributed by atoms with Crippen LogP contribution < -0.4 is 5.32 Å². The number of methoxy groups -OCH3 is 1. The second-order valence-corrected chi connectivity index (χ2v) is 2.85. The molecule has 1 rings (SSSR count). The number of nitrogens with one attached hydrogen (secondary N) is 1. The summed E-state index contributed by atoms with van der Waals surface area (Å²) in [5.41, 5.74) is -1.16. The predicted octanol–water partition coefficient (Wildman–Crippen LogP) is 1.23. The summed E-state index contributed by atoms with van der Waals surface area (Å²) < 4.78 is 17.4. The SMILES string of the molecule is COC(=O)NCC1(F)CCC1. The maximum atomic E-state index is 13.1. The Hall–Kier alpha value is -0.800. The smallest absolute Gasteiger partial charge is 0.406 e. The number of carbonyl (C=O) groups excluding carboxylic acids is 1. The third-order valence-electron chi connectivity index (χ3n) is 1.98. The molecule has 0 aromatic carbocycles. The molecule has 0 aromatic rings. The summed E-state index contributed by atoms with van der Waals surface area (Å²) in [5.74, 6) is 0. The first-order valence-electron chi connectivity index (χ1n) is 3.67. The summed E-state index contributed by atoms with van der Waals surface area (Å²) >= 11 is 0. The average molecular weight is 161 g/mol. The van der Waals surface area contributed by atoms with Gasteiger partial charge >= 0.3 is 6.09 Å². The van der Waals surface area contributed by atoms with Crippen LogP contribution in [0, 0.1) is 0 Å². The summed E-state index contributed by atoms with van der Waals surface area (Å²) in [6.45, 7) is 0.0830. The summed E-state index contributed by atoms with van der Waals surface area (Å²) in [7, 11) is 1.26. The van der Waals surface area contributed by atoms with Gasteiger partial charge in [0, 0.05) is 0 Å². The molecular formula is C7H12FNO2. The lowest BCUT2D eigenvalue weighted by atomic mass is 9.82. The molecular weight excluding hydrogens is 149 g/mol. The molecule has 11 heavy (non-hydrogen) atoms. The van der Waals surface area contributed by atoms with Crippen LogP contribution in [0.3, 0.4) is 0 Å². The highest BCUT2D eigenvalue weighted by molar-refractivity contribution is 5.66. The normalized spacial score (nSPS) is 20.2. The zero-order chi connectivity index (χ0) is 8.32. The Labute approximate surface area is 64.9 Å². The summed E-state index contributed by atoms with van der Waals surface area (Å²) in [5, 5.41) is 2.34. The zero-order valence-corrected chi connectivity index (χ0v) is 6.52. The number of alkyl halides is 1. The first-order chi connectivity index (χ1) is 5.16. The molecule has 0 saturated heterocycles.